The van der Waals surface area contributed by atoms with Gasteiger partial charge >= 0.3 is 5.97 Å². The number of ether oxygens (including phenoxy) is 3. The molecule has 0 saturated carbocycles. The van der Waals surface area contributed by atoms with E-state index in [9.17, 15) is 9.90 Å². The highest BCUT2D eigenvalue weighted by molar-refractivity contribution is 6.32. The molecule has 1 aromatic rings. The molecule has 23 heavy (non-hydrogen) atoms. The molecule has 0 fully saturated rings. The molecule has 0 atom stereocenters. The summed E-state index contributed by atoms with van der Waals surface area (Å²) in [5, 5.41) is 9.43. The Morgan fingerprint density at radius 3 is 2.52 bits per heavy atom. The highest BCUT2D eigenvalue weighted by Gasteiger charge is 2.09. The van der Waals surface area contributed by atoms with E-state index < -0.39 is 5.97 Å². The van der Waals surface area contributed by atoms with Crippen molar-refractivity contribution >= 4 is 17.6 Å². The van der Waals surface area contributed by atoms with E-state index in [1.54, 1.807) is 6.92 Å². The molecule has 0 aliphatic heterocycles. The number of rotatable bonds is 11. The molecule has 5 nitrogen and oxygen atoms in total. The average molecular weight is 343 g/mol. The van der Waals surface area contributed by atoms with E-state index in [-0.39, 0.29) is 17.6 Å². The number of halogens is 1. The lowest BCUT2D eigenvalue weighted by Gasteiger charge is -2.07. The number of phenols is 1. The summed E-state index contributed by atoms with van der Waals surface area (Å²) in [5.74, 6) is 0.146. The van der Waals surface area contributed by atoms with Gasteiger partial charge in [-0.1, -0.05) is 24.6 Å². The molecule has 1 aromatic carbocycles. The smallest absolute Gasteiger partial charge is 0.338 e. The van der Waals surface area contributed by atoms with Crippen LogP contribution in [0, 0.1) is 0 Å². The summed E-state index contributed by atoms with van der Waals surface area (Å²) in [5.41, 5.74) is 0.332. The Hall–Kier alpha value is -1.72. The number of aromatic hydroxyl groups is 1. The van der Waals surface area contributed by atoms with Gasteiger partial charge in [-0.05, 0) is 44.4 Å². The van der Waals surface area contributed by atoms with Crippen LogP contribution in [0.2, 0.25) is 5.02 Å². The molecular formula is C17H23ClO5. The number of hydrogen-bond donors (Lipinski definition) is 1. The highest BCUT2D eigenvalue weighted by Crippen LogP contribution is 2.23. The van der Waals surface area contributed by atoms with E-state index in [0.29, 0.717) is 24.5 Å². The lowest BCUT2D eigenvalue weighted by Crippen LogP contribution is -2.06. The van der Waals surface area contributed by atoms with Crippen molar-refractivity contribution in [2.24, 2.45) is 0 Å². The average Bonchev–Trinajstić information content (AvgIpc) is 2.51. The number of unbranched alkanes of at least 4 members (excludes halogenated alkanes) is 3. The van der Waals surface area contributed by atoms with Gasteiger partial charge in [-0.15, -0.1) is 0 Å². The Labute approximate surface area is 141 Å². The summed E-state index contributed by atoms with van der Waals surface area (Å²) >= 11 is 5.75. The van der Waals surface area contributed by atoms with Crippen molar-refractivity contribution in [3.05, 3.63) is 41.1 Å². The lowest BCUT2D eigenvalue weighted by atomic mass is 10.2. The Balaban J connectivity index is 2.03. The van der Waals surface area contributed by atoms with Crippen LogP contribution in [0.3, 0.4) is 0 Å². The molecule has 0 unspecified atom stereocenters. The fourth-order valence-corrected chi connectivity index (χ4v) is 1.92. The number of esters is 1. The summed E-state index contributed by atoms with van der Waals surface area (Å²) in [6.07, 6.45) is 3.67. The minimum absolute atomic E-state index is 0.0564. The van der Waals surface area contributed by atoms with Crippen molar-refractivity contribution in [1.82, 2.24) is 0 Å². The Morgan fingerprint density at radius 2 is 1.87 bits per heavy atom. The molecule has 0 aliphatic rings. The van der Waals surface area contributed by atoms with E-state index in [4.69, 9.17) is 25.8 Å². The van der Waals surface area contributed by atoms with Crippen LogP contribution >= 0.6 is 11.6 Å². The Morgan fingerprint density at radius 1 is 1.17 bits per heavy atom. The van der Waals surface area contributed by atoms with Gasteiger partial charge in [-0.2, -0.15) is 0 Å². The molecule has 0 aromatic heterocycles. The minimum Gasteiger partial charge on any atom is -0.506 e. The van der Waals surface area contributed by atoms with Crippen molar-refractivity contribution in [3.8, 4) is 5.75 Å². The van der Waals surface area contributed by atoms with Crippen molar-refractivity contribution < 1.29 is 24.1 Å². The first kappa shape index (κ1) is 19.3. The fraction of sp³-hybridized carbons (Fsp3) is 0.471. The van der Waals surface area contributed by atoms with Gasteiger partial charge in [-0.3, -0.25) is 0 Å². The van der Waals surface area contributed by atoms with Gasteiger partial charge in [0.25, 0.3) is 0 Å². The van der Waals surface area contributed by atoms with E-state index >= 15 is 0 Å². The monoisotopic (exact) mass is 342 g/mol. The van der Waals surface area contributed by atoms with Gasteiger partial charge in [0.15, 0.2) is 6.79 Å². The molecule has 0 radical (unpaired) electrons. The number of carbonyl (C=O) groups is 1. The van der Waals surface area contributed by atoms with Crippen LogP contribution in [0.5, 0.6) is 5.75 Å². The van der Waals surface area contributed by atoms with Crippen LogP contribution in [0.15, 0.2) is 30.5 Å². The number of carbonyl (C=O) groups excluding carboxylic acids is 1. The van der Waals surface area contributed by atoms with Crippen molar-refractivity contribution in [1.29, 1.82) is 0 Å². The molecule has 6 heteroatoms. The normalized spacial score (nSPS) is 10.3. The molecule has 1 N–H and O–H groups in total. The van der Waals surface area contributed by atoms with Crippen molar-refractivity contribution in [2.45, 2.75) is 32.6 Å². The quantitative estimate of drug-likeness (QED) is 0.281. The summed E-state index contributed by atoms with van der Waals surface area (Å²) in [6.45, 7) is 6.61. The van der Waals surface area contributed by atoms with Gasteiger partial charge in [0.05, 0.1) is 29.6 Å². The molecule has 1 rings (SSSR count). The number of allylic oxidation sites excluding steroid dienone is 1. The van der Waals surface area contributed by atoms with Gasteiger partial charge in [0.1, 0.15) is 5.75 Å². The number of hydrogen-bond acceptors (Lipinski definition) is 5. The van der Waals surface area contributed by atoms with Gasteiger partial charge in [-0.25, -0.2) is 4.79 Å². The first-order valence-electron chi connectivity index (χ1n) is 7.52. The summed E-state index contributed by atoms with van der Waals surface area (Å²) in [4.78, 5) is 11.8. The van der Waals surface area contributed by atoms with Crippen LogP contribution in [0.1, 0.15) is 43.0 Å². The zero-order chi connectivity index (χ0) is 17.1. The molecule has 0 amide bonds. The maximum Gasteiger partial charge on any atom is 0.338 e. The number of phenolic OH excluding ortho intramolecular Hbond substituents is 1. The maximum atomic E-state index is 11.8. The largest absolute Gasteiger partial charge is 0.506 e. The summed E-state index contributed by atoms with van der Waals surface area (Å²) in [7, 11) is 0. The molecule has 0 bridgehead atoms. The topological polar surface area (TPSA) is 65.0 Å². The fourth-order valence-electron chi connectivity index (χ4n) is 1.74. The van der Waals surface area contributed by atoms with Gasteiger partial charge in [0.2, 0.25) is 0 Å². The molecule has 0 aliphatic carbocycles. The van der Waals surface area contributed by atoms with E-state index in [0.717, 1.165) is 25.7 Å². The van der Waals surface area contributed by atoms with Crippen LogP contribution in [-0.2, 0) is 14.2 Å². The predicted molar refractivity (Wildman–Crippen MR) is 88.6 cm³/mol. The third kappa shape index (κ3) is 8.47. The van der Waals surface area contributed by atoms with E-state index in [1.165, 1.54) is 18.2 Å². The van der Waals surface area contributed by atoms with Crippen molar-refractivity contribution in [3.63, 3.8) is 0 Å². The Bertz CT molecular complexity index is 516. The lowest BCUT2D eigenvalue weighted by molar-refractivity contribution is -0.0234. The van der Waals surface area contributed by atoms with Gasteiger partial charge in [0, 0.05) is 0 Å². The zero-order valence-corrected chi connectivity index (χ0v) is 14.1. The van der Waals surface area contributed by atoms with Crippen LogP contribution in [0.25, 0.3) is 0 Å². The predicted octanol–water partition coefficient (Wildman–Crippen LogP) is 4.29. The maximum absolute atomic E-state index is 11.8. The summed E-state index contributed by atoms with van der Waals surface area (Å²) < 4.78 is 15.5. The van der Waals surface area contributed by atoms with Crippen LogP contribution in [-0.4, -0.2) is 31.1 Å². The molecule has 128 valence electrons. The second-order valence-corrected chi connectivity index (χ2v) is 5.50. The first-order chi connectivity index (χ1) is 11.0. The highest BCUT2D eigenvalue weighted by atomic mass is 35.5. The third-order valence-corrected chi connectivity index (χ3v) is 3.29. The number of benzene rings is 1. The van der Waals surface area contributed by atoms with Crippen molar-refractivity contribution in [2.75, 3.05) is 20.0 Å². The minimum atomic E-state index is -0.438. The zero-order valence-electron chi connectivity index (χ0n) is 13.3. The van der Waals surface area contributed by atoms with E-state index in [1.807, 2.05) is 0 Å². The second-order valence-electron chi connectivity index (χ2n) is 5.09. The van der Waals surface area contributed by atoms with E-state index in [2.05, 4.69) is 6.58 Å². The molecular weight excluding hydrogens is 320 g/mol. The van der Waals surface area contributed by atoms with Gasteiger partial charge < -0.3 is 19.3 Å². The Kier molecular flexibility index (Phi) is 9.17. The molecule has 0 heterocycles. The summed E-state index contributed by atoms with van der Waals surface area (Å²) in [6, 6.07) is 4.24. The molecule has 0 saturated heterocycles. The van der Waals surface area contributed by atoms with Crippen LogP contribution < -0.4 is 0 Å². The van der Waals surface area contributed by atoms with Crippen LogP contribution in [0.4, 0.5) is 0 Å². The second kappa shape index (κ2) is 10.9. The molecule has 0 spiro atoms. The SMILES string of the molecule is C=C(C)OCOCCCCCCOC(=O)c1ccc(O)c(Cl)c1. The third-order valence-electron chi connectivity index (χ3n) is 2.99. The first-order valence-corrected chi connectivity index (χ1v) is 7.90. The standard InChI is InChI=1S/C17H23ClO5/c1-13(2)23-12-21-9-5-3-4-6-10-22-17(20)14-7-8-16(19)15(18)11-14/h7-8,11,19H,1,3-6,9-10,12H2,2H3.